The first kappa shape index (κ1) is 24.3. The quantitative estimate of drug-likeness (QED) is 0.518. The van der Waals surface area contributed by atoms with Crippen LogP contribution in [0.4, 0.5) is 14.5 Å². The lowest BCUT2D eigenvalue weighted by Gasteiger charge is -2.35. The van der Waals surface area contributed by atoms with Crippen molar-refractivity contribution in [3.05, 3.63) is 69.3 Å². The highest BCUT2D eigenvalue weighted by molar-refractivity contribution is 6.88. The summed E-state index contributed by atoms with van der Waals surface area (Å²) in [7, 11) is -0.853. The Balaban J connectivity index is 1.72. The van der Waals surface area contributed by atoms with Crippen LogP contribution in [0.3, 0.4) is 0 Å². The molecule has 1 aromatic carbocycles. The Morgan fingerprint density at radius 1 is 1.20 bits per heavy atom. The third-order valence-corrected chi connectivity index (χ3v) is 7.67. The molecule has 0 fully saturated rings. The molecule has 184 valence electrons. The molecule has 1 aliphatic rings. The van der Waals surface area contributed by atoms with Crippen molar-refractivity contribution >= 4 is 30.8 Å². The fourth-order valence-corrected chi connectivity index (χ4v) is 5.76. The summed E-state index contributed by atoms with van der Waals surface area (Å²) in [5, 5.41) is 4.61. The van der Waals surface area contributed by atoms with Crippen molar-refractivity contribution in [2.24, 2.45) is 0 Å². The molecule has 35 heavy (non-hydrogen) atoms. The SMILES string of the molecule is COc1ccc2c(n1)CCN(C(=O)c1cc(=O)[nH]o1)[C@H]2C(=O)Nc1cc(F)c([Si](C)(C)C)c(F)c1. The van der Waals surface area contributed by atoms with Crippen molar-refractivity contribution in [2.75, 3.05) is 19.0 Å². The van der Waals surface area contributed by atoms with Crippen LogP contribution in [-0.2, 0) is 11.2 Å². The maximum Gasteiger partial charge on any atom is 0.293 e. The molecule has 2 N–H and O–H groups in total. The number of benzene rings is 1. The van der Waals surface area contributed by atoms with E-state index in [0.717, 1.165) is 18.2 Å². The molecular formula is C23H24F2N4O5Si. The third-order valence-electron chi connectivity index (χ3n) is 5.69. The average Bonchev–Trinajstić information content (AvgIpc) is 3.22. The number of rotatable bonds is 5. The van der Waals surface area contributed by atoms with Gasteiger partial charge in [0.25, 0.3) is 17.4 Å². The summed E-state index contributed by atoms with van der Waals surface area (Å²) in [6.45, 7) is 5.53. The Morgan fingerprint density at radius 2 is 1.89 bits per heavy atom. The summed E-state index contributed by atoms with van der Waals surface area (Å²) in [6.07, 6.45) is 0.310. The number of halogens is 2. The van der Waals surface area contributed by atoms with E-state index in [1.807, 2.05) is 24.8 Å². The van der Waals surface area contributed by atoms with Crippen LogP contribution in [0.2, 0.25) is 19.6 Å². The van der Waals surface area contributed by atoms with E-state index in [1.165, 1.54) is 12.0 Å². The summed E-state index contributed by atoms with van der Waals surface area (Å²) in [6, 6.07) is 5.08. The fraction of sp³-hybridized carbons (Fsp3) is 0.304. The number of hydrogen-bond acceptors (Lipinski definition) is 6. The molecular weight excluding hydrogens is 478 g/mol. The number of aromatic nitrogens is 2. The van der Waals surface area contributed by atoms with Gasteiger partial charge in [0.2, 0.25) is 11.6 Å². The van der Waals surface area contributed by atoms with Gasteiger partial charge in [0.15, 0.2) is 0 Å². The zero-order valence-electron chi connectivity index (χ0n) is 19.6. The summed E-state index contributed by atoms with van der Waals surface area (Å²) >= 11 is 0. The molecule has 9 nitrogen and oxygen atoms in total. The van der Waals surface area contributed by atoms with Gasteiger partial charge in [-0.05, 0) is 18.2 Å². The van der Waals surface area contributed by atoms with Crippen LogP contribution in [0.1, 0.15) is 27.9 Å². The average molecular weight is 503 g/mol. The van der Waals surface area contributed by atoms with E-state index in [9.17, 15) is 23.2 Å². The Kier molecular flexibility index (Phi) is 6.32. The predicted molar refractivity (Wildman–Crippen MR) is 126 cm³/mol. The van der Waals surface area contributed by atoms with Crippen molar-refractivity contribution < 1.29 is 27.6 Å². The number of ether oxygens (including phenoxy) is 1. The molecule has 0 saturated heterocycles. The number of amides is 2. The smallest absolute Gasteiger partial charge is 0.293 e. The molecule has 0 unspecified atom stereocenters. The van der Waals surface area contributed by atoms with Crippen LogP contribution < -0.4 is 20.8 Å². The zero-order valence-corrected chi connectivity index (χ0v) is 20.6. The van der Waals surface area contributed by atoms with Crippen molar-refractivity contribution in [1.29, 1.82) is 0 Å². The molecule has 0 aliphatic carbocycles. The van der Waals surface area contributed by atoms with Crippen LogP contribution in [0.15, 0.2) is 39.6 Å². The Hall–Kier alpha value is -3.80. The van der Waals surface area contributed by atoms with Crippen molar-refractivity contribution in [1.82, 2.24) is 15.0 Å². The number of anilines is 1. The van der Waals surface area contributed by atoms with Gasteiger partial charge in [-0.3, -0.25) is 14.4 Å². The topological polar surface area (TPSA) is 118 Å². The summed E-state index contributed by atoms with van der Waals surface area (Å²) < 4.78 is 39.6. The maximum absolute atomic E-state index is 14.8. The van der Waals surface area contributed by atoms with Crippen LogP contribution in [-0.4, -0.2) is 48.6 Å². The minimum atomic E-state index is -2.31. The molecule has 3 heterocycles. The lowest BCUT2D eigenvalue weighted by atomic mass is 9.95. The molecule has 0 spiro atoms. The van der Waals surface area contributed by atoms with Gasteiger partial charge >= 0.3 is 0 Å². The molecule has 4 rings (SSSR count). The zero-order chi connectivity index (χ0) is 25.5. The Morgan fingerprint density at radius 3 is 2.46 bits per heavy atom. The molecule has 0 bridgehead atoms. The number of nitrogens with zero attached hydrogens (tertiary/aromatic N) is 2. The molecule has 1 atom stereocenters. The molecule has 12 heteroatoms. The number of fused-ring (bicyclic) bond motifs is 1. The van der Waals surface area contributed by atoms with E-state index in [4.69, 9.17) is 9.26 Å². The molecule has 0 saturated carbocycles. The first-order chi connectivity index (χ1) is 16.5. The molecule has 2 amide bonds. The van der Waals surface area contributed by atoms with Gasteiger partial charge in [-0.1, -0.05) is 19.6 Å². The van der Waals surface area contributed by atoms with Crippen molar-refractivity contribution in [2.45, 2.75) is 32.1 Å². The van der Waals surface area contributed by atoms with Crippen molar-refractivity contribution in [3.8, 4) is 5.88 Å². The van der Waals surface area contributed by atoms with Gasteiger partial charge in [0, 0.05) is 35.5 Å². The van der Waals surface area contributed by atoms with Gasteiger partial charge in [-0.15, -0.1) is 0 Å². The first-order valence-electron chi connectivity index (χ1n) is 10.8. The molecule has 2 aromatic heterocycles. The fourth-order valence-electron chi connectivity index (χ4n) is 4.18. The van der Waals surface area contributed by atoms with Gasteiger partial charge in [0.1, 0.15) is 17.7 Å². The van der Waals surface area contributed by atoms with Crippen LogP contribution in [0.5, 0.6) is 5.88 Å². The summed E-state index contributed by atoms with van der Waals surface area (Å²) in [5.74, 6) is -2.81. The maximum atomic E-state index is 14.8. The number of aromatic amines is 1. The van der Waals surface area contributed by atoms with E-state index in [1.54, 1.807) is 12.1 Å². The highest BCUT2D eigenvalue weighted by Crippen LogP contribution is 2.32. The number of hydrogen-bond donors (Lipinski definition) is 2. The number of carbonyl (C=O) groups excluding carboxylic acids is 2. The minimum Gasteiger partial charge on any atom is -0.481 e. The number of nitrogens with one attached hydrogen (secondary N) is 2. The molecule has 0 radical (unpaired) electrons. The second kappa shape index (κ2) is 9.10. The first-order valence-corrected chi connectivity index (χ1v) is 14.3. The van der Waals surface area contributed by atoms with E-state index < -0.39 is 43.1 Å². The van der Waals surface area contributed by atoms with Gasteiger partial charge in [-0.25, -0.2) is 13.8 Å². The minimum absolute atomic E-state index is 0.0362. The van der Waals surface area contributed by atoms with E-state index in [-0.39, 0.29) is 23.2 Å². The Bertz CT molecular complexity index is 1340. The van der Waals surface area contributed by atoms with Gasteiger partial charge in [-0.2, -0.15) is 5.16 Å². The third kappa shape index (κ3) is 4.74. The predicted octanol–water partition coefficient (Wildman–Crippen LogP) is 2.57. The number of carbonyl (C=O) groups is 2. The van der Waals surface area contributed by atoms with E-state index in [0.29, 0.717) is 23.6 Å². The normalized spacial score (nSPS) is 15.5. The monoisotopic (exact) mass is 502 g/mol. The second-order valence-electron chi connectivity index (χ2n) is 9.17. The van der Waals surface area contributed by atoms with Gasteiger partial charge in [0.05, 0.1) is 26.9 Å². The van der Waals surface area contributed by atoms with Gasteiger partial charge < -0.3 is 19.5 Å². The highest BCUT2D eigenvalue weighted by Gasteiger charge is 2.39. The number of pyridine rings is 1. The van der Waals surface area contributed by atoms with Crippen LogP contribution in [0.25, 0.3) is 0 Å². The summed E-state index contributed by atoms with van der Waals surface area (Å²) in [5.41, 5.74) is 0.267. The van der Waals surface area contributed by atoms with Crippen molar-refractivity contribution in [3.63, 3.8) is 0 Å². The van der Waals surface area contributed by atoms with Crippen LogP contribution in [0, 0.1) is 11.6 Å². The Labute approximate surface area is 200 Å². The van der Waals surface area contributed by atoms with E-state index >= 15 is 0 Å². The highest BCUT2D eigenvalue weighted by atomic mass is 28.3. The number of methoxy groups -OCH3 is 1. The standard InChI is InChI=1S/C23H24F2N4O5Si/c1-33-19-6-5-13-16(27-19)7-8-29(23(32)17-11-18(30)28-34-17)20(13)22(31)26-12-9-14(24)21(15(25)10-12)35(2,3)4/h5-6,9-11,20H,7-8H2,1-4H3,(H,26,31)(H,28,30)/t20-/m1/s1. The summed E-state index contributed by atoms with van der Waals surface area (Å²) in [4.78, 5) is 43.6. The number of H-pyrrole nitrogens is 1. The lowest BCUT2D eigenvalue weighted by molar-refractivity contribution is -0.121. The van der Waals surface area contributed by atoms with Crippen LogP contribution >= 0.6 is 0 Å². The molecule has 3 aromatic rings. The molecule has 1 aliphatic heterocycles. The second-order valence-corrected chi connectivity index (χ2v) is 14.2. The van der Waals surface area contributed by atoms with E-state index in [2.05, 4.69) is 10.3 Å². The largest absolute Gasteiger partial charge is 0.481 e. The lowest BCUT2D eigenvalue weighted by Crippen LogP contribution is -2.46.